The average Bonchev–Trinajstić information content (AvgIpc) is 2.74. The summed E-state index contributed by atoms with van der Waals surface area (Å²) in [5.41, 5.74) is 0.727. The number of methoxy groups -OCH3 is 2. The Morgan fingerprint density at radius 1 is 1.26 bits per heavy atom. The molecule has 1 N–H and O–H groups in total. The summed E-state index contributed by atoms with van der Waals surface area (Å²) in [6, 6.07) is 4.69. The molecule has 7 heteroatoms. The van der Waals surface area contributed by atoms with Crippen molar-refractivity contribution >= 4 is 18.2 Å². The third-order valence-corrected chi connectivity index (χ3v) is 2.53. The monoisotopic (exact) mass is 263 g/mol. The second-order valence-corrected chi connectivity index (χ2v) is 3.77. The highest BCUT2D eigenvalue weighted by Gasteiger charge is 2.25. The summed E-state index contributed by atoms with van der Waals surface area (Å²) in [6.07, 6.45) is 1.47. The normalized spacial score (nSPS) is 14.9. The lowest BCUT2D eigenvalue weighted by atomic mass is 10.2. The van der Waals surface area contributed by atoms with Crippen LogP contribution in [0.5, 0.6) is 11.5 Å². The van der Waals surface area contributed by atoms with Crippen LogP contribution in [0.1, 0.15) is 5.56 Å². The lowest BCUT2D eigenvalue weighted by Crippen LogP contribution is -2.24. The van der Waals surface area contributed by atoms with Crippen LogP contribution in [0.3, 0.4) is 0 Å². The van der Waals surface area contributed by atoms with Gasteiger partial charge in [0.2, 0.25) is 5.91 Å². The molecule has 100 valence electrons. The van der Waals surface area contributed by atoms with Gasteiger partial charge in [0.05, 0.1) is 20.4 Å². The molecule has 7 nitrogen and oxygen atoms in total. The van der Waals surface area contributed by atoms with Crippen LogP contribution in [0.15, 0.2) is 23.3 Å². The largest absolute Gasteiger partial charge is 0.493 e. The molecule has 19 heavy (non-hydrogen) atoms. The molecular formula is C12H13N3O4. The van der Waals surface area contributed by atoms with E-state index in [0.717, 1.165) is 10.6 Å². The van der Waals surface area contributed by atoms with Gasteiger partial charge in [-0.1, -0.05) is 0 Å². The summed E-state index contributed by atoms with van der Waals surface area (Å²) in [5, 5.41) is 7.12. The number of hydrazone groups is 1. The number of nitrogens with one attached hydrogen (secondary N) is 1. The van der Waals surface area contributed by atoms with Gasteiger partial charge in [0.25, 0.3) is 0 Å². The van der Waals surface area contributed by atoms with E-state index >= 15 is 0 Å². The summed E-state index contributed by atoms with van der Waals surface area (Å²) >= 11 is 0. The molecule has 0 radical (unpaired) electrons. The highest BCUT2D eigenvalue weighted by atomic mass is 16.5. The fourth-order valence-electron chi connectivity index (χ4n) is 1.59. The zero-order valence-electron chi connectivity index (χ0n) is 10.5. The van der Waals surface area contributed by atoms with Gasteiger partial charge in [-0.15, -0.1) is 0 Å². The summed E-state index contributed by atoms with van der Waals surface area (Å²) in [5.74, 6) is 0.802. The standard InChI is InChI=1S/C12H13N3O4/c1-18-9-4-3-8(5-10(9)19-2)6-13-15-7-11(16)14-12(15)17/h3-6H,7H2,1-2H3,(H,14,16,17)/b13-6+. The average molecular weight is 263 g/mol. The van der Waals surface area contributed by atoms with Crippen molar-refractivity contribution in [3.8, 4) is 11.5 Å². The number of ether oxygens (including phenoxy) is 2. The Morgan fingerprint density at radius 2 is 2.00 bits per heavy atom. The maximum atomic E-state index is 11.3. The van der Waals surface area contributed by atoms with Crippen LogP contribution in [0.25, 0.3) is 0 Å². The molecule has 1 fully saturated rings. The summed E-state index contributed by atoms with van der Waals surface area (Å²) in [4.78, 5) is 22.2. The zero-order valence-corrected chi connectivity index (χ0v) is 10.5. The number of amides is 3. The SMILES string of the molecule is COc1ccc(/C=N/N2CC(=O)NC2=O)cc1OC. The van der Waals surface area contributed by atoms with Gasteiger partial charge in [0, 0.05) is 0 Å². The minimum Gasteiger partial charge on any atom is -0.493 e. The molecule has 0 atom stereocenters. The van der Waals surface area contributed by atoms with Crippen LogP contribution in [0, 0.1) is 0 Å². The molecule has 1 heterocycles. The molecule has 0 aliphatic carbocycles. The molecule has 2 rings (SSSR count). The zero-order chi connectivity index (χ0) is 13.8. The maximum absolute atomic E-state index is 11.3. The molecule has 1 aromatic rings. The second-order valence-electron chi connectivity index (χ2n) is 3.77. The van der Waals surface area contributed by atoms with E-state index in [2.05, 4.69) is 10.4 Å². The summed E-state index contributed by atoms with van der Waals surface area (Å²) in [7, 11) is 3.08. The molecule has 0 bridgehead atoms. The Kier molecular flexibility index (Phi) is 3.65. The van der Waals surface area contributed by atoms with Crippen molar-refractivity contribution in [2.75, 3.05) is 20.8 Å². The van der Waals surface area contributed by atoms with E-state index in [1.54, 1.807) is 25.3 Å². The molecule has 0 spiro atoms. The molecule has 0 unspecified atom stereocenters. The molecule has 0 saturated carbocycles. The van der Waals surface area contributed by atoms with Crippen molar-refractivity contribution in [2.45, 2.75) is 0 Å². The van der Waals surface area contributed by atoms with Crippen molar-refractivity contribution in [3.05, 3.63) is 23.8 Å². The third kappa shape index (κ3) is 2.82. The Bertz CT molecular complexity index is 542. The Balaban J connectivity index is 2.15. The highest BCUT2D eigenvalue weighted by molar-refractivity contribution is 6.02. The van der Waals surface area contributed by atoms with Gasteiger partial charge in [-0.25, -0.2) is 9.80 Å². The van der Waals surface area contributed by atoms with E-state index in [0.29, 0.717) is 11.5 Å². The molecule has 3 amide bonds. The fourth-order valence-corrected chi connectivity index (χ4v) is 1.59. The maximum Gasteiger partial charge on any atom is 0.344 e. The highest BCUT2D eigenvalue weighted by Crippen LogP contribution is 2.26. The van der Waals surface area contributed by atoms with Crippen molar-refractivity contribution in [1.82, 2.24) is 10.3 Å². The second kappa shape index (κ2) is 5.38. The van der Waals surface area contributed by atoms with Crippen LogP contribution in [0.2, 0.25) is 0 Å². The number of carbonyl (C=O) groups excluding carboxylic acids is 2. The molecular weight excluding hydrogens is 250 g/mol. The van der Waals surface area contributed by atoms with E-state index in [1.807, 2.05) is 0 Å². The van der Waals surface area contributed by atoms with E-state index in [1.165, 1.54) is 13.3 Å². The van der Waals surface area contributed by atoms with Gasteiger partial charge in [-0.3, -0.25) is 10.1 Å². The fraction of sp³-hybridized carbons (Fsp3) is 0.250. The number of hydrogen-bond donors (Lipinski definition) is 1. The van der Waals surface area contributed by atoms with Crippen LogP contribution < -0.4 is 14.8 Å². The third-order valence-electron chi connectivity index (χ3n) is 2.53. The molecule has 1 aliphatic heterocycles. The minimum atomic E-state index is -0.526. The number of imide groups is 1. The molecule has 1 saturated heterocycles. The van der Waals surface area contributed by atoms with Crippen LogP contribution in [-0.4, -0.2) is 43.9 Å². The van der Waals surface area contributed by atoms with E-state index < -0.39 is 6.03 Å². The predicted molar refractivity (Wildman–Crippen MR) is 67.4 cm³/mol. The molecule has 1 aromatic carbocycles. The first kappa shape index (κ1) is 12.9. The van der Waals surface area contributed by atoms with Gasteiger partial charge in [-0.05, 0) is 23.8 Å². The minimum absolute atomic E-state index is 0.0668. The van der Waals surface area contributed by atoms with Gasteiger partial charge < -0.3 is 9.47 Å². The number of hydrogen-bond acceptors (Lipinski definition) is 5. The van der Waals surface area contributed by atoms with Crippen LogP contribution in [0.4, 0.5) is 4.79 Å². The van der Waals surface area contributed by atoms with Crippen molar-refractivity contribution in [3.63, 3.8) is 0 Å². The Hall–Kier alpha value is -2.57. The number of urea groups is 1. The lowest BCUT2D eigenvalue weighted by Gasteiger charge is -2.08. The van der Waals surface area contributed by atoms with Crippen molar-refractivity contribution in [2.24, 2.45) is 5.10 Å². The van der Waals surface area contributed by atoms with E-state index in [-0.39, 0.29) is 12.5 Å². The number of rotatable bonds is 4. The molecule has 0 aromatic heterocycles. The first-order valence-electron chi connectivity index (χ1n) is 5.51. The smallest absolute Gasteiger partial charge is 0.344 e. The number of nitrogens with zero attached hydrogens (tertiary/aromatic N) is 2. The Morgan fingerprint density at radius 3 is 2.58 bits per heavy atom. The van der Waals surface area contributed by atoms with Gasteiger partial charge >= 0.3 is 6.03 Å². The first-order valence-corrected chi connectivity index (χ1v) is 5.51. The first-order chi connectivity index (χ1) is 9.13. The number of benzene rings is 1. The van der Waals surface area contributed by atoms with Crippen LogP contribution in [-0.2, 0) is 4.79 Å². The Labute approximate surface area is 109 Å². The van der Waals surface area contributed by atoms with Crippen molar-refractivity contribution in [1.29, 1.82) is 0 Å². The summed E-state index contributed by atoms with van der Waals surface area (Å²) in [6.45, 7) is -0.0668. The molecule has 1 aliphatic rings. The number of carbonyl (C=O) groups is 2. The van der Waals surface area contributed by atoms with Crippen molar-refractivity contribution < 1.29 is 19.1 Å². The van der Waals surface area contributed by atoms with E-state index in [9.17, 15) is 9.59 Å². The summed E-state index contributed by atoms with van der Waals surface area (Å²) < 4.78 is 10.3. The van der Waals surface area contributed by atoms with Crippen LogP contribution >= 0.6 is 0 Å². The van der Waals surface area contributed by atoms with Gasteiger partial charge in [0.1, 0.15) is 6.54 Å². The predicted octanol–water partition coefficient (Wildman–Crippen LogP) is 0.589. The van der Waals surface area contributed by atoms with Gasteiger partial charge in [-0.2, -0.15) is 5.10 Å². The topological polar surface area (TPSA) is 80.2 Å². The quantitative estimate of drug-likeness (QED) is 0.637. The van der Waals surface area contributed by atoms with E-state index in [4.69, 9.17) is 9.47 Å². The lowest BCUT2D eigenvalue weighted by molar-refractivity contribution is -0.118. The van der Waals surface area contributed by atoms with Gasteiger partial charge in [0.15, 0.2) is 11.5 Å².